The van der Waals surface area contributed by atoms with Crippen LogP contribution in [0.1, 0.15) is 24.1 Å². The number of hydrogen-bond acceptors (Lipinski definition) is 7. The lowest BCUT2D eigenvalue weighted by Gasteiger charge is -2.36. The summed E-state index contributed by atoms with van der Waals surface area (Å²) in [6.07, 6.45) is 5.96. The largest absolute Gasteiger partial charge is 0.349 e. The first kappa shape index (κ1) is 21.6. The molecule has 5 rings (SSSR count). The Hall–Kier alpha value is -3.29. The fourth-order valence-electron chi connectivity index (χ4n) is 4.25. The highest BCUT2D eigenvalue weighted by molar-refractivity contribution is 7.08. The first-order valence-corrected chi connectivity index (χ1v) is 12.4. The third-order valence-electron chi connectivity index (χ3n) is 5.97. The molecule has 1 aliphatic heterocycles. The Bertz CT molecular complexity index is 1130. The molecule has 1 aromatic carbocycles. The van der Waals surface area contributed by atoms with Crippen LogP contribution in [0.2, 0.25) is 0 Å². The summed E-state index contributed by atoms with van der Waals surface area (Å²) in [4.78, 5) is 16.6. The lowest BCUT2D eigenvalue weighted by molar-refractivity contribution is 0.426. The molecule has 0 unspecified atom stereocenters. The first-order chi connectivity index (χ1) is 16.4. The lowest BCUT2D eigenvalue weighted by atomic mass is 10.0. The standard InChI is InChI=1S/C26H28N6S/c1-2-6-20(7-3-1)18-32(23-9-13-27-14-10-23)25-24(21-11-15-33-19-21)17-30-26(31-25)29-16-22-8-4-5-12-28-22/h1-8,11-12,15,17,19,23,27H,9-10,13-14,16,18H2,(H,29,30,31). The van der Waals surface area contributed by atoms with E-state index in [1.807, 2.05) is 30.6 Å². The maximum Gasteiger partial charge on any atom is 0.224 e. The highest BCUT2D eigenvalue weighted by Gasteiger charge is 2.26. The minimum atomic E-state index is 0.419. The molecule has 0 aliphatic carbocycles. The van der Waals surface area contributed by atoms with Crippen molar-refractivity contribution >= 4 is 23.1 Å². The molecular formula is C26H28N6S. The smallest absolute Gasteiger partial charge is 0.224 e. The summed E-state index contributed by atoms with van der Waals surface area (Å²) in [5, 5.41) is 11.2. The van der Waals surface area contributed by atoms with Gasteiger partial charge in [0.1, 0.15) is 5.82 Å². The molecule has 0 spiro atoms. The molecule has 1 fully saturated rings. The number of aromatic nitrogens is 3. The van der Waals surface area contributed by atoms with Crippen LogP contribution in [0, 0.1) is 0 Å². The van der Waals surface area contributed by atoms with E-state index in [4.69, 9.17) is 4.98 Å². The molecular weight excluding hydrogens is 428 g/mol. The number of thiophene rings is 1. The van der Waals surface area contributed by atoms with E-state index in [1.165, 1.54) is 11.1 Å². The predicted molar refractivity (Wildman–Crippen MR) is 135 cm³/mol. The molecule has 0 atom stereocenters. The minimum absolute atomic E-state index is 0.419. The van der Waals surface area contributed by atoms with Crippen molar-refractivity contribution in [3.63, 3.8) is 0 Å². The Kier molecular flexibility index (Phi) is 6.89. The Labute approximate surface area is 198 Å². The Morgan fingerprint density at radius 1 is 1.00 bits per heavy atom. The van der Waals surface area contributed by atoms with Gasteiger partial charge in [-0.3, -0.25) is 4.98 Å². The maximum absolute atomic E-state index is 5.08. The normalized spacial score (nSPS) is 14.2. The highest BCUT2D eigenvalue weighted by Crippen LogP contribution is 2.34. The molecule has 3 aromatic heterocycles. The van der Waals surface area contributed by atoms with Crippen LogP contribution in [0.25, 0.3) is 11.1 Å². The van der Waals surface area contributed by atoms with Gasteiger partial charge in [-0.25, -0.2) is 4.98 Å². The number of benzene rings is 1. The van der Waals surface area contributed by atoms with Crippen LogP contribution in [-0.4, -0.2) is 34.1 Å². The summed E-state index contributed by atoms with van der Waals surface area (Å²) in [6, 6.07) is 19.2. The monoisotopic (exact) mass is 456 g/mol. The first-order valence-electron chi connectivity index (χ1n) is 11.4. The van der Waals surface area contributed by atoms with Gasteiger partial charge in [-0.05, 0) is 66.0 Å². The molecule has 4 aromatic rings. The Morgan fingerprint density at radius 3 is 2.61 bits per heavy atom. The maximum atomic E-state index is 5.08. The third kappa shape index (κ3) is 5.38. The quantitative estimate of drug-likeness (QED) is 0.390. The number of nitrogens with one attached hydrogen (secondary N) is 2. The summed E-state index contributed by atoms with van der Waals surface area (Å²) in [7, 11) is 0. The summed E-state index contributed by atoms with van der Waals surface area (Å²) in [6.45, 7) is 3.46. The summed E-state index contributed by atoms with van der Waals surface area (Å²) in [5.41, 5.74) is 4.49. The zero-order valence-electron chi connectivity index (χ0n) is 18.5. The van der Waals surface area contributed by atoms with E-state index in [0.717, 1.165) is 49.6 Å². The number of pyridine rings is 1. The second-order valence-electron chi connectivity index (χ2n) is 8.21. The third-order valence-corrected chi connectivity index (χ3v) is 6.66. The molecule has 168 valence electrons. The molecule has 0 bridgehead atoms. The molecule has 0 saturated carbocycles. The van der Waals surface area contributed by atoms with Crippen molar-refractivity contribution in [2.75, 3.05) is 23.3 Å². The van der Waals surface area contributed by atoms with Crippen LogP contribution in [0.3, 0.4) is 0 Å². The summed E-state index contributed by atoms with van der Waals surface area (Å²) in [5.74, 6) is 1.62. The van der Waals surface area contributed by atoms with E-state index in [-0.39, 0.29) is 0 Å². The number of piperidine rings is 1. The average molecular weight is 457 g/mol. The van der Waals surface area contributed by atoms with Crippen molar-refractivity contribution in [3.8, 4) is 11.1 Å². The van der Waals surface area contributed by atoms with E-state index in [2.05, 4.69) is 72.7 Å². The molecule has 0 amide bonds. The topological polar surface area (TPSA) is 66.0 Å². The summed E-state index contributed by atoms with van der Waals surface area (Å²) >= 11 is 1.70. The molecule has 1 saturated heterocycles. The van der Waals surface area contributed by atoms with Gasteiger partial charge in [-0.2, -0.15) is 16.3 Å². The molecule has 2 N–H and O–H groups in total. The SMILES string of the molecule is c1ccc(CN(c2nc(NCc3ccccn3)ncc2-c2ccsc2)C2CCNCC2)cc1. The van der Waals surface area contributed by atoms with Crippen LogP contribution >= 0.6 is 11.3 Å². The fourth-order valence-corrected chi connectivity index (χ4v) is 4.90. The molecule has 6 nitrogen and oxygen atoms in total. The fraction of sp³-hybridized carbons (Fsp3) is 0.269. The number of hydrogen-bond donors (Lipinski definition) is 2. The average Bonchev–Trinajstić information content (AvgIpc) is 3.43. The second-order valence-corrected chi connectivity index (χ2v) is 8.99. The van der Waals surface area contributed by atoms with Crippen LogP contribution in [0.5, 0.6) is 0 Å². The van der Waals surface area contributed by atoms with Gasteiger partial charge in [0.25, 0.3) is 0 Å². The van der Waals surface area contributed by atoms with Gasteiger partial charge in [0.15, 0.2) is 0 Å². The van der Waals surface area contributed by atoms with Crippen LogP contribution in [0.15, 0.2) is 77.8 Å². The zero-order chi connectivity index (χ0) is 22.3. The molecule has 0 radical (unpaired) electrons. The zero-order valence-corrected chi connectivity index (χ0v) is 19.3. The van der Waals surface area contributed by atoms with Crippen molar-refractivity contribution in [1.82, 2.24) is 20.3 Å². The number of anilines is 2. The van der Waals surface area contributed by atoms with Crippen molar-refractivity contribution in [2.24, 2.45) is 0 Å². The van der Waals surface area contributed by atoms with E-state index in [1.54, 1.807) is 11.3 Å². The van der Waals surface area contributed by atoms with Crippen LogP contribution < -0.4 is 15.5 Å². The van der Waals surface area contributed by atoms with Gasteiger partial charge < -0.3 is 15.5 Å². The highest BCUT2D eigenvalue weighted by atomic mass is 32.1. The number of nitrogens with zero attached hydrogens (tertiary/aromatic N) is 4. The Morgan fingerprint density at radius 2 is 1.85 bits per heavy atom. The van der Waals surface area contributed by atoms with Crippen molar-refractivity contribution < 1.29 is 0 Å². The molecule has 1 aliphatic rings. The van der Waals surface area contributed by atoms with Crippen LogP contribution in [-0.2, 0) is 13.1 Å². The summed E-state index contributed by atoms with van der Waals surface area (Å²) < 4.78 is 0. The van der Waals surface area contributed by atoms with E-state index in [0.29, 0.717) is 18.5 Å². The Balaban J connectivity index is 1.51. The van der Waals surface area contributed by atoms with Gasteiger partial charge in [0.2, 0.25) is 5.95 Å². The number of rotatable bonds is 8. The van der Waals surface area contributed by atoms with Gasteiger partial charge in [-0.1, -0.05) is 36.4 Å². The van der Waals surface area contributed by atoms with Gasteiger partial charge >= 0.3 is 0 Å². The van der Waals surface area contributed by atoms with E-state index in [9.17, 15) is 0 Å². The van der Waals surface area contributed by atoms with E-state index < -0.39 is 0 Å². The second kappa shape index (κ2) is 10.6. The minimum Gasteiger partial charge on any atom is -0.349 e. The van der Waals surface area contributed by atoms with Crippen molar-refractivity contribution in [1.29, 1.82) is 0 Å². The lowest BCUT2D eigenvalue weighted by Crippen LogP contribution is -2.43. The van der Waals surface area contributed by atoms with Crippen molar-refractivity contribution in [3.05, 3.63) is 89.0 Å². The predicted octanol–water partition coefficient (Wildman–Crippen LogP) is 4.97. The van der Waals surface area contributed by atoms with Gasteiger partial charge in [0.05, 0.1) is 12.2 Å². The van der Waals surface area contributed by atoms with Crippen molar-refractivity contribution in [2.45, 2.75) is 32.0 Å². The molecule has 7 heteroatoms. The van der Waals surface area contributed by atoms with E-state index >= 15 is 0 Å². The van der Waals surface area contributed by atoms with Crippen LogP contribution in [0.4, 0.5) is 11.8 Å². The van der Waals surface area contributed by atoms with Gasteiger partial charge in [-0.15, -0.1) is 0 Å². The molecule has 33 heavy (non-hydrogen) atoms. The van der Waals surface area contributed by atoms with Gasteiger partial charge in [0, 0.05) is 30.5 Å². The molecule has 4 heterocycles.